The number of hydrogen-bond donors (Lipinski definition) is 0. The minimum absolute atomic E-state index is 0. The summed E-state index contributed by atoms with van der Waals surface area (Å²) >= 11 is 0. The van der Waals surface area contributed by atoms with Gasteiger partial charge in [0.25, 0.3) is 0 Å². The van der Waals surface area contributed by atoms with Gasteiger partial charge >= 0.3 is 0 Å². The minimum atomic E-state index is 0. The molecule has 0 aromatic heterocycles. The average molecular weight is 605 g/mol. The third-order valence-corrected chi connectivity index (χ3v) is 4.19. The summed E-state index contributed by atoms with van der Waals surface area (Å²) in [5.74, 6) is 3.38. The van der Waals surface area contributed by atoms with E-state index in [2.05, 4.69) is 76.2 Å². The van der Waals surface area contributed by atoms with Gasteiger partial charge in [0.05, 0.1) is 0 Å². The fourth-order valence-corrected chi connectivity index (χ4v) is 1.61. The molecule has 0 fully saturated rings. The molecule has 0 rings (SSSR count). The van der Waals surface area contributed by atoms with Gasteiger partial charge in [0.1, 0.15) is 0 Å². The van der Waals surface area contributed by atoms with Crippen LogP contribution in [0.1, 0.15) is 87.0 Å². The van der Waals surface area contributed by atoms with E-state index in [0.29, 0.717) is 11.8 Å². The van der Waals surface area contributed by atoms with Crippen molar-refractivity contribution in [2.45, 2.75) is 87.0 Å². The Morgan fingerprint density at radius 3 is 1.07 bits per heavy atom. The summed E-state index contributed by atoms with van der Waals surface area (Å²) in [5, 5.41) is 0. The van der Waals surface area contributed by atoms with E-state index in [1.54, 1.807) is 0 Å². The van der Waals surface area contributed by atoms with Crippen molar-refractivity contribution in [1.82, 2.24) is 0 Å². The molecule has 0 aliphatic carbocycles. The van der Waals surface area contributed by atoms with E-state index in [-0.39, 0.29) is 98.1 Å². The Labute approximate surface area is 252 Å². The fourth-order valence-electron chi connectivity index (χ4n) is 1.61. The smallest absolute Gasteiger partial charge is 0 e. The zero-order valence-electron chi connectivity index (χ0n) is 20.1. The molecule has 0 aromatic carbocycles. The minimum Gasteiger partial charge on any atom is -0.345 e. The fraction of sp³-hybridized carbons (Fsp3) is 0.750. The van der Waals surface area contributed by atoms with Crippen LogP contribution in [0.3, 0.4) is 0 Å². The normalized spacial score (nSPS) is 11.1. The van der Waals surface area contributed by atoms with E-state index in [0.717, 1.165) is 56.3 Å². The second-order valence-electron chi connectivity index (χ2n) is 6.79. The Morgan fingerprint density at radius 1 is 0.667 bits per heavy atom. The van der Waals surface area contributed by atoms with Gasteiger partial charge in [0, 0.05) is 98.1 Å². The third-order valence-electron chi connectivity index (χ3n) is 4.19. The van der Waals surface area contributed by atoms with Crippen LogP contribution in [-0.4, -0.2) is 0 Å². The molecule has 2 unspecified atom stereocenters. The maximum Gasteiger partial charge on any atom is 0 e. The van der Waals surface area contributed by atoms with E-state index < -0.39 is 0 Å². The molecule has 0 bridgehead atoms. The van der Waals surface area contributed by atoms with Crippen LogP contribution in [0.25, 0.3) is 0 Å². The summed E-state index contributed by atoms with van der Waals surface area (Å²) in [5.41, 5.74) is 0. The molecule has 0 spiro atoms. The van der Waals surface area contributed by atoms with Crippen molar-refractivity contribution >= 4 is 0 Å². The van der Waals surface area contributed by atoms with Crippen LogP contribution in [0, 0.1) is 71.1 Å². The maximum atomic E-state index is 3.99. The molecular formula is C24H50Y3-6. The molecule has 0 N–H and O–H groups in total. The largest absolute Gasteiger partial charge is 0.345 e. The van der Waals surface area contributed by atoms with Gasteiger partial charge in [-0.3, -0.25) is 0 Å². The first kappa shape index (κ1) is 47.9. The van der Waals surface area contributed by atoms with Crippen molar-refractivity contribution < 1.29 is 98.1 Å². The van der Waals surface area contributed by atoms with Crippen LogP contribution < -0.4 is 0 Å². The van der Waals surface area contributed by atoms with Gasteiger partial charge in [-0.25, -0.2) is 6.42 Å². The first-order valence-electron chi connectivity index (χ1n) is 10.0. The van der Waals surface area contributed by atoms with Gasteiger partial charge in [0.2, 0.25) is 0 Å². The van der Waals surface area contributed by atoms with Crippen LogP contribution >= 0.6 is 0 Å². The number of hydrogen-bond acceptors (Lipinski definition) is 0. The Balaban J connectivity index is -0.0000000406. The molecule has 0 amide bonds. The molecule has 3 radical (unpaired) electrons. The summed E-state index contributed by atoms with van der Waals surface area (Å²) in [6.45, 7) is 37.9. The van der Waals surface area contributed by atoms with Crippen molar-refractivity contribution in [3.63, 3.8) is 0 Å². The molecule has 0 aliphatic rings. The second-order valence-corrected chi connectivity index (χ2v) is 6.79. The molecule has 2 atom stereocenters. The van der Waals surface area contributed by atoms with E-state index >= 15 is 0 Å². The maximum absolute atomic E-state index is 3.99. The Morgan fingerprint density at radius 2 is 1.04 bits per heavy atom. The molecule has 0 aromatic rings. The van der Waals surface area contributed by atoms with Gasteiger partial charge in [0.15, 0.2) is 0 Å². The van der Waals surface area contributed by atoms with Gasteiger partial charge < -0.3 is 41.5 Å². The summed E-state index contributed by atoms with van der Waals surface area (Å²) in [6, 6.07) is 0. The first-order chi connectivity index (χ1) is 11.2. The van der Waals surface area contributed by atoms with Crippen molar-refractivity contribution in [3.05, 3.63) is 41.5 Å². The molecule has 0 saturated heterocycles. The van der Waals surface area contributed by atoms with Crippen molar-refractivity contribution in [1.29, 1.82) is 0 Å². The van der Waals surface area contributed by atoms with Crippen molar-refractivity contribution in [2.75, 3.05) is 0 Å². The SMILES string of the molecule is CC.[CH2-]CC(C[CH2-])C(C)C.[CH2-]CC([CH2-])CC.[CH2-]CCC([CH2-])C(C)C.[Y].[Y].[Y]. The van der Waals surface area contributed by atoms with Gasteiger partial charge in [-0.1, -0.05) is 66.7 Å². The molecule has 161 valence electrons. The van der Waals surface area contributed by atoms with Crippen LogP contribution in [0.5, 0.6) is 0 Å². The topological polar surface area (TPSA) is 0 Å². The van der Waals surface area contributed by atoms with Crippen molar-refractivity contribution in [3.8, 4) is 0 Å². The van der Waals surface area contributed by atoms with Crippen LogP contribution in [0.2, 0.25) is 0 Å². The Bertz CT molecular complexity index is 186. The van der Waals surface area contributed by atoms with E-state index in [1.807, 2.05) is 13.8 Å². The van der Waals surface area contributed by atoms with Crippen LogP contribution in [-0.2, 0) is 98.1 Å². The standard InChI is InChI=1S/2C8H16.C6H12.C2H6.3Y/c1-5-6-8(4)7(2)3;1-5-8(6-2)7(3)4;1-4-6(3)5-2;1-2;;;/h7-8H,1,4-6H2,2-3H3;7-8H,1-2,5-6H2,3-4H3;6H,1,3-5H2,2H3;1-2H3;;;/q3*-2;;;;. The van der Waals surface area contributed by atoms with Gasteiger partial charge in [-0.15, -0.1) is 6.42 Å². The van der Waals surface area contributed by atoms with Gasteiger partial charge in [-0.05, 0) is 5.92 Å². The van der Waals surface area contributed by atoms with Gasteiger partial charge in [-0.2, -0.15) is 31.1 Å². The van der Waals surface area contributed by atoms with Crippen LogP contribution in [0.15, 0.2) is 0 Å². The Hall–Kier alpha value is 3.31. The van der Waals surface area contributed by atoms with E-state index in [9.17, 15) is 0 Å². The summed E-state index contributed by atoms with van der Waals surface area (Å²) < 4.78 is 0. The zero-order valence-corrected chi connectivity index (χ0v) is 28.6. The Kier molecular flexibility index (Phi) is 70.6. The average Bonchev–Trinajstić information content (AvgIpc) is 2.58. The monoisotopic (exact) mass is 605 g/mol. The predicted octanol–water partition coefficient (Wildman–Crippen LogP) is 8.50. The van der Waals surface area contributed by atoms with Crippen molar-refractivity contribution in [2.24, 2.45) is 29.6 Å². The second kappa shape index (κ2) is 39.8. The summed E-state index contributed by atoms with van der Waals surface area (Å²) in [7, 11) is 0. The first-order valence-corrected chi connectivity index (χ1v) is 10.0. The van der Waals surface area contributed by atoms with Crippen LogP contribution in [0.4, 0.5) is 0 Å². The predicted molar refractivity (Wildman–Crippen MR) is 117 cm³/mol. The van der Waals surface area contributed by atoms with E-state index in [1.165, 1.54) is 0 Å². The molecule has 0 saturated carbocycles. The molecule has 27 heavy (non-hydrogen) atoms. The summed E-state index contributed by atoms with van der Waals surface area (Å²) in [4.78, 5) is 0. The molecule has 0 heterocycles. The van der Waals surface area contributed by atoms with E-state index in [4.69, 9.17) is 0 Å². The zero-order chi connectivity index (χ0) is 20.1. The number of rotatable bonds is 8. The molecule has 0 aliphatic heterocycles. The quantitative estimate of drug-likeness (QED) is 0.244. The molecule has 0 nitrogen and oxygen atoms in total. The summed E-state index contributed by atoms with van der Waals surface area (Å²) in [6.07, 6.45) is 6.37. The molecular weight excluding hydrogens is 555 g/mol. The third kappa shape index (κ3) is 43.9. The molecule has 3 heteroatoms.